The van der Waals surface area contributed by atoms with Gasteiger partial charge in [0, 0.05) is 29.6 Å². The number of fused-ring (bicyclic) bond motifs is 2. The molecule has 0 amide bonds. The fourth-order valence-electron chi connectivity index (χ4n) is 3.93. The second-order valence-corrected chi connectivity index (χ2v) is 7.23. The van der Waals surface area contributed by atoms with Crippen LogP contribution in [-0.4, -0.2) is 50.7 Å². The lowest BCUT2D eigenvalue weighted by atomic mass is 9.91. The molecule has 0 aromatic heterocycles. The van der Waals surface area contributed by atoms with Gasteiger partial charge >= 0.3 is 0 Å². The molecule has 0 saturated heterocycles. The fourth-order valence-corrected chi connectivity index (χ4v) is 3.93. The van der Waals surface area contributed by atoms with Crippen molar-refractivity contribution in [1.82, 2.24) is 16.1 Å². The summed E-state index contributed by atoms with van der Waals surface area (Å²) in [6, 6.07) is 10.9. The van der Waals surface area contributed by atoms with Gasteiger partial charge in [-0.1, -0.05) is 30.3 Å². The number of hydrazine groups is 1. The van der Waals surface area contributed by atoms with Gasteiger partial charge in [-0.25, -0.2) is 4.99 Å². The number of aldehydes is 2. The zero-order chi connectivity index (χ0) is 21.9. The number of nitrogens with zero attached hydrogens (tertiary/aromatic N) is 4. The zero-order valence-electron chi connectivity index (χ0n) is 17.1. The molecule has 2 aliphatic heterocycles. The Labute approximate surface area is 182 Å². The lowest BCUT2D eigenvalue weighted by Crippen LogP contribution is -2.37. The number of benzene rings is 3. The van der Waals surface area contributed by atoms with Gasteiger partial charge in [0.05, 0.1) is 18.8 Å². The number of hydrogen-bond acceptors (Lipinski definition) is 10. The smallest absolute Gasteiger partial charge is 0.238 e. The predicted octanol–water partition coefficient (Wildman–Crippen LogP) is 2.54. The third kappa shape index (κ3) is 3.41. The summed E-state index contributed by atoms with van der Waals surface area (Å²) in [6.45, 7) is 2.76. The average molecular weight is 428 g/mol. The number of guanidine groups is 2. The SMILES string of the molecule is O=Cc1c2ccccc2c(C=O)c2c(N=NC3=NCCN3)c(NNC3=NCCN3)ccc12. The molecule has 5 rings (SSSR count). The van der Waals surface area contributed by atoms with E-state index in [-0.39, 0.29) is 0 Å². The molecule has 32 heavy (non-hydrogen) atoms. The number of rotatable bonds is 5. The second kappa shape index (κ2) is 8.42. The highest BCUT2D eigenvalue weighted by Gasteiger charge is 2.19. The Balaban J connectivity index is 1.75. The number of carbonyl (C=O) groups is 2. The molecular formula is C22H20N8O2. The summed E-state index contributed by atoms with van der Waals surface area (Å²) in [5.41, 5.74) is 8.05. The molecule has 0 spiro atoms. The largest absolute Gasteiger partial charge is 0.353 e. The van der Waals surface area contributed by atoms with E-state index >= 15 is 0 Å². The summed E-state index contributed by atoms with van der Waals surface area (Å²) in [6.07, 6.45) is 1.61. The Bertz CT molecular complexity index is 1330. The molecule has 0 saturated carbocycles. The first kappa shape index (κ1) is 19.6. The maximum Gasteiger partial charge on any atom is 0.238 e. The Morgan fingerprint density at radius 2 is 1.56 bits per heavy atom. The molecule has 0 radical (unpaired) electrons. The van der Waals surface area contributed by atoms with Gasteiger partial charge in [0.15, 0.2) is 12.6 Å². The Morgan fingerprint density at radius 3 is 2.25 bits per heavy atom. The van der Waals surface area contributed by atoms with Crippen LogP contribution < -0.4 is 21.5 Å². The summed E-state index contributed by atoms with van der Waals surface area (Å²) >= 11 is 0. The van der Waals surface area contributed by atoms with Crippen LogP contribution in [0.3, 0.4) is 0 Å². The number of anilines is 1. The standard InChI is InChI=1S/C22H20N8O2/c31-11-16-13-3-1-2-4-14(13)17(12-32)19-15(16)5-6-18(27-29-21-23-7-8-24-21)20(19)28-30-22-25-9-10-26-22/h1-6,11-12,27H,7-10H2,(H,25,26)(H2,23,24,29). The molecule has 0 bridgehead atoms. The molecule has 0 atom stereocenters. The Morgan fingerprint density at radius 1 is 0.812 bits per heavy atom. The lowest BCUT2D eigenvalue weighted by molar-refractivity contribution is 0.111. The highest BCUT2D eigenvalue weighted by molar-refractivity contribution is 6.23. The van der Waals surface area contributed by atoms with Crippen LogP contribution in [0.25, 0.3) is 21.5 Å². The van der Waals surface area contributed by atoms with Crippen LogP contribution in [0.2, 0.25) is 0 Å². The first-order valence-corrected chi connectivity index (χ1v) is 10.2. The van der Waals surface area contributed by atoms with Crippen molar-refractivity contribution < 1.29 is 9.59 Å². The fraction of sp³-hybridized carbons (Fsp3) is 0.182. The molecule has 2 aliphatic rings. The molecule has 3 aromatic rings. The number of hydrogen-bond donors (Lipinski definition) is 4. The summed E-state index contributed by atoms with van der Waals surface area (Å²) in [7, 11) is 0. The number of aliphatic imine (C=N–C) groups is 2. The van der Waals surface area contributed by atoms with Crippen LogP contribution in [0.4, 0.5) is 11.4 Å². The Kier molecular flexibility index (Phi) is 5.16. The highest BCUT2D eigenvalue weighted by Crippen LogP contribution is 2.41. The minimum atomic E-state index is 0.418. The summed E-state index contributed by atoms with van der Waals surface area (Å²) in [4.78, 5) is 32.9. The van der Waals surface area contributed by atoms with Gasteiger partial charge in [-0.15, -0.1) is 10.2 Å². The van der Waals surface area contributed by atoms with E-state index in [2.05, 4.69) is 41.7 Å². The van der Waals surface area contributed by atoms with Gasteiger partial charge in [0.2, 0.25) is 11.9 Å². The quantitative estimate of drug-likeness (QED) is 0.214. The summed E-state index contributed by atoms with van der Waals surface area (Å²) in [5, 5.41) is 17.4. The van der Waals surface area contributed by atoms with Crippen molar-refractivity contribution in [3.05, 3.63) is 47.5 Å². The second-order valence-electron chi connectivity index (χ2n) is 7.23. The van der Waals surface area contributed by atoms with Gasteiger partial charge in [-0.3, -0.25) is 25.4 Å². The lowest BCUT2D eigenvalue weighted by Gasteiger charge is -2.16. The van der Waals surface area contributed by atoms with Crippen LogP contribution in [0.15, 0.2) is 56.6 Å². The molecule has 10 nitrogen and oxygen atoms in total. The molecular weight excluding hydrogens is 408 g/mol. The zero-order valence-corrected chi connectivity index (χ0v) is 17.1. The highest BCUT2D eigenvalue weighted by atomic mass is 16.1. The van der Waals surface area contributed by atoms with Gasteiger partial charge in [0.1, 0.15) is 5.69 Å². The third-order valence-corrected chi connectivity index (χ3v) is 5.37. The average Bonchev–Trinajstić information content (AvgIpc) is 3.54. The van der Waals surface area contributed by atoms with Crippen molar-refractivity contribution >= 4 is 57.4 Å². The molecule has 0 aliphatic carbocycles. The monoisotopic (exact) mass is 428 g/mol. The molecule has 0 unspecified atom stereocenters. The van der Waals surface area contributed by atoms with Gasteiger partial charge in [0.25, 0.3) is 0 Å². The van der Waals surface area contributed by atoms with E-state index in [0.717, 1.165) is 19.1 Å². The van der Waals surface area contributed by atoms with E-state index in [1.54, 1.807) is 12.1 Å². The molecule has 2 heterocycles. The van der Waals surface area contributed by atoms with Gasteiger partial charge in [-0.2, -0.15) is 0 Å². The van der Waals surface area contributed by atoms with Crippen molar-refractivity contribution in [2.45, 2.75) is 0 Å². The maximum atomic E-state index is 12.3. The number of nitrogens with one attached hydrogen (secondary N) is 4. The minimum Gasteiger partial charge on any atom is -0.353 e. The van der Waals surface area contributed by atoms with E-state index in [1.807, 2.05) is 24.3 Å². The van der Waals surface area contributed by atoms with Crippen LogP contribution >= 0.6 is 0 Å². The van der Waals surface area contributed by atoms with E-state index < -0.39 is 0 Å². The number of carbonyl (C=O) groups excluding carboxylic acids is 2. The molecule has 3 aromatic carbocycles. The molecule has 0 fully saturated rings. The van der Waals surface area contributed by atoms with E-state index in [9.17, 15) is 9.59 Å². The Hall–Kier alpha value is -4.34. The third-order valence-electron chi connectivity index (χ3n) is 5.37. The molecule has 10 heteroatoms. The summed E-state index contributed by atoms with van der Waals surface area (Å²) < 4.78 is 0. The number of azo groups is 1. The normalized spacial score (nSPS) is 15.4. The minimum absolute atomic E-state index is 0.418. The van der Waals surface area contributed by atoms with E-state index in [0.29, 0.717) is 75.6 Å². The topological polar surface area (TPSA) is 132 Å². The van der Waals surface area contributed by atoms with Crippen molar-refractivity contribution in [3.63, 3.8) is 0 Å². The molecule has 160 valence electrons. The van der Waals surface area contributed by atoms with Crippen LogP contribution in [0.1, 0.15) is 20.7 Å². The van der Waals surface area contributed by atoms with E-state index in [1.165, 1.54) is 0 Å². The van der Waals surface area contributed by atoms with Gasteiger partial charge < -0.3 is 10.6 Å². The first-order chi connectivity index (χ1) is 15.8. The predicted molar refractivity (Wildman–Crippen MR) is 124 cm³/mol. The van der Waals surface area contributed by atoms with Crippen molar-refractivity contribution in [2.24, 2.45) is 20.2 Å². The van der Waals surface area contributed by atoms with Crippen LogP contribution in [0, 0.1) is 0 Å². The van der Waals surface area contributed by atoms with Crippen LogP contribution in [0.5, 0.6) is 0 Å². The van der Waals surface area contributed by atoms with Crippen LogP contribution in [-0.2, 0) is 0 Å². The van der Waals surface area contributed by atoms with Crippen molar-refractivity contribution in [2.75, 3.05) is 31.6 Å². The van der Waals surface area contributed by atoms with Gasteiger partial charge in [-0.05, 0) is 22.2 Å². The summed E-state index contributed by atoms with van der Waals surface area (Å²) in [5.74, 6) is 1.03. The van der Waals surface area contributed by atoms with Crippen molar-refractivity contribution in [1.29, 1.82) is 0 Å². The first-order valence-electron chi connectivity index (χ1n) is 10.2. The molecule has 4 N–H and O–H groups in total. The van der Waals surface area contributed by atoms with Crippen molar-refractivity contribution in [3.8, 4) is 0 Å². The van der Waals surface area contributed by atoms with E-state index in [4.69, 9.17) is 0 Å². The maximum absolute atomic E-state index is 12.3.